The molecule has 0 radical (unpaired) electrons. The highest BCUT2D eigenvalue weighted by atomic mass is 16.2. The molecule has 6 nitrogen and oxygen atoms in total. The van der Waals surface area contributed by atoms with Crippen LogP contribution in [0.2, 0.25) is 0 Å². The number of hydrogen-bond donors (Lipinski definition) is 3. The number of hydrogen-bond acceptors (Lipinski definition) is 4. The van der Waals surface area contributed by atoms with Crippen molar-refractivity contribution in [3.05, 3.63) is 77.9 Å². The maximum atomic E-state index is 11.1. The maximum absolute atomic E-state index is 11.1. The van der Waals surface area contributed by atoms with Gasteiger partial charge < -0.3 is 5.32 Å². The Morgan fingerprint density at radius 3 is 2.32 bits per heavy atom. The van der Waals surface area contributed by atoms with Gasteiger partial charge in [-0.15, -0.1) is 0 Å². The van der Waals surface area contributed by atoms with Crippen LogP contribution in [0.4, 0.5) is 5.69 Å². The molecular formula is C22H22N4O2. The summed E-state index contributed by atoms with van der Waals surface area (Å²) >= 11 is 0. The lowest BCUT2D eigenvalue weighted by Crippen LogP contribution is -2.36. The minimum Gasteiger partial charge on any atom is -0.385 e. The number of carbonyl (C=O) groups is 2. The topological polar surface area (TPSA) is 94.0 Å². The molecule has 0 aliphatic heterocycles. The lowest BCUT2D eigenvalue weighted by Gasteiger charge is -2.09. The summed E-state index contributed by atoms with van der Waals surface area (Å²) in [5.41, 5.74) is 6.61. The molecule has 3 aromatic carbocycles. The standard InChI is InChI=1S/C14H14N2.C8H8N2O2/c1-2-9-16-14-8-7-11(10-15)12-5-3-4-6-13(12)14;11-6-9-10-8(12)7-4-2-1-3-5-7/h3-8,16H,2,9H2,1H3;1-6H,(H,9,11)(H,10,12). The minimum atomic E-state index is -0.331. The predicted molar refractivity (Wildman–Crippen MR) is 111 cm³/mol. The number of amides is 2. The number of nitrogens with zero attached hydrogens (tertiary/aromatic N) is 1. The van der Waals surface area contributed by atoms with Gasteiger partial charge in [-0.2, -0.15) is 5.26 Å². The molecule has 6 heteroatoms. The Kier molecular flexibility index (Phi) is 8.03. The van der Waals surface area contributed by atoms with Crippen molar-refractivity contribution in [3.8, 4) is 6.07 Å². The second-order valence-electron chi connectivity index (χ2n) is 5.83. The van der Waals surface area contributed by atoms with Crippen molar-refractivity contribution in [1.29, 1.82) is 5.26 Å². The molecule has 0 aliphatic rings. The summed E-state index contributed by atoms with van der Waals surface area (Å²) in [7, 11) is 0. The highest BCUT2D eigenvalue weighted by Crippen LogP contribution is 2.26. The number of hydrazine groups is 1. The quantitative estimate of drug-likeness (QED) is 0.454. The van der Waals surface area contributed by atoms with Gasteiger partial charge in [0.15, 0.2) is 0 Å². The number of carbonyl (C=O) groups excluding carboxylic acids is 2. The predicted octanol–water partition coefficient (Wildman–Crippen LogP) is 3.61. The molecule has 2 amide bonds. The summed E-state index contributed by atoms with van der Waals surface area (Å²) in [5, 5.41) is 14.6. The van der Waals surface area contributed by atoms with E-state index >= 15 is 0 Å². The Bertz CT molecular complexity index is 965. The molecule has 0 aromatic heterocycles. The molecule has 0 saturated carbocycles. The molecule has 3 rings (SSSR count). The van der Waals surface area contributed by atoms with Crippen molar-refractivity contribution in [2.45, 2.75) is 13.3 Å². The van der Waals surface area contributed by atoms with Gasteiger partial charge in [0.25, 0.3) is 5.91 Å². The zero-order valence-corrected chi connectivity index (χ0v) is 15.6. The molecular weight excluding hydrogens is 352 g/mol. The van der Waals surface area contributed by atoms with Gasteiger partial charge in [-0.3, -0.25) is 20.4 Å². The van der Waals surface area contributed by atoms with Crippen LogP contribution in [0.15, 0.2) is 66.7 Å². The van der Waals surface area contributed by atoms with Crippen molar-refractivity contribution in [1.82, 2.24) is 10.9 Å². The minimum absolute atomic E-state index is 0.331. The second kappa shape index (κ2) is 11.0. The van der Waals surface area contributed by atoms with Gasteiger partial charge in [0.05, 0.1) is 11.6 Å². The molecule has 0 saturated heterocycles. The molecule has 0 heterocycles. The van der Waals surface area contributed by atoms with E-state index in [4.69, 9.17) is 5.26 Å². The second-order valence-corrected chi connectivity index (χ2v) is 5.83. The Balaban J connectivity index is 0.000000209. The van der Waals surface area contributed by atoms with Crippen molar-refractivity contribution in [3.63, 3.8) is 0 Å². The van der Waals surface area contributed by atoms with Crippen molar-refractivity contribution in [2.75, 3.05) is 11.9 Å². The largest absolute Gasteiger partial charge is 0.385 e. The molecule has 0 atom stereocenters. The van der Waals surface area contributed by atoms with Gasteiger partial charge in [0, 0.05) is 28.6 Å². The van der Waals surface area contributed by atoms with Crippen LogP contribution in [0.1, 0.15) is 29.3 Å². The monoisotopic (exact) mass is 374 g/mol. The van der Waals surface area contributed by atoms with Gasteiger partial charge in [-0.1, -0.05) is 49.4 Å². The lowest BCUT2D eigenvalue weighted by molar-refractivity contribution is -0.110. The van der Waals surface area contributed by atoms with Gasteiger partial charge >= 0.3 is 0 Å². The van der Waals surface area contributed by atoms with E-state index in [9.17, 15) is 9.59 Å². The van der Waals surface area contributed by atoms with Gasteiger partial charge in [0.2, 0.25) is 6.41 Å². The Morgan fingerprint density at radius 2 is 1.68 bits per heavy atom. The SMILES string of the molecule is CCCNc1ccc(C#N)c2ccccc12.O=CNNC(=O)c1ccccc1. The van der Waals surface area contributed by atoms with E-state index < -0.39 is 0 Å². The van der Waals surface area contributed by atoms with E-state index in [0.717, 1.165) is 35.0 Å². The van der Waals surface area contributed by atoms with Crippen LogP contribution in [0.3, 0.4) is 0 Å². The number of rotatable bonds is 6. The molecule has 0 unspecified atom stereocenters. The summed E-state index contributed by atoms with van der Waals surface area (Å²) in [4.78, 5) is 20.9. The number of nitriles is 1. The van der Waals surface area contributed by atoms with Crippen molar-refractivity contribution < 1.29 is 9.59 Å². The van der Waals surface area contributed by atoms with Gasteiger partial charge in [-0.25, -0.2) is 0 Å². The third-order valence-corrected chi connectivity index (χ3v) is 3.89. The lowest BCUT2D eigenvalue weighted by atomic mass is 10.0. The molecule has 0 aliphatic carbocycles. The van der Waals surface area contributed by atoms with E-state index in [1.165, 1.54) is 0 Å². The van der Waals surface area contributed by atoms with Crippen LogP contribution in [-0.2, 0) is 4.79 Å². The molecule has 0 spiro atoms. The van der Waals surface area contributed by atoms with Crippen LogP contribution < -0.4 is 16.2 Å². The van der Waals surface area contributed by atoms with Crippen molar-refractivity contribution in [2.24, 2.45) is 0 Å². The summed E-state index contributed by atoms with van der Waals surface area (Å²) in [6, 6.07) is 22.7. The fourth-order valence-corrected chi connectivity index (χ4v) is 2.57. The molecule has 3 N–H and O–H groups in total. The van der Waals surface area contributed by atoms with E-state index in [-0.39, 0.29) is 5.91 Å². The molecule has 142 valence electrons. The average Bonchev–Trinajstić information content (AvgIpc) is 2.76. The average molecular weight is 374 g/mol. The first-order valence-electron chi connectivity index (χ1n) is 8.91. The summed E-state index contributed by atoms with van der Waals surface area (Å²) in [6.45, 7) is 3.09. The Hall–Kier alpha value is -3.85. The fraction of sp³-hybridized carbons (Fsp3) is 0.136. The van der Waals surface area contributed by atoms with Crippen LogP contribution in [0.25, 0.3) is 10.8 Å². The van der Waals surface area contributed by atoms with Gasteiger partial charge in [0.1, 0.15) is 0 Å². The van der Waals surface area contributed by atoms with Crippen LogP contribution in [0, 0.1) is 11.3 Å². The number of benzene rings is 3. The molecule has 0 fully saturated rings. The molecule has 28 heavy (non-hydrogen) atoms. The zero-order valence-electron chi connectivity index (χ0n) is 15.6. The normalized spacial score (nSPS) is 9.43. The maximum Gasteiger partial charge on any atom is 0.269 e. The van der Waals surface area contributed by atoms with Crippen LogP contribution in [0.5, 0.6) is 0 Å². The zero-order chi connectivity index (χ0) is 20.2. The fourth-order valence-electron chi connectivity index (χ4n) is 2.57. The van der Waals surface area contributed by atoms with Crippen molar-refractivity contribution >= 4 is 28.8 Å². The highest BCUT2D eigenvalue weighted by molar-refractivity contribution is 5.97. The smallest absolute Gasteiger partial charge is 0.269 e. The first-order valence-corrected chi connectivity index (χ1v) is 8.91. The number of fused-ring (bicyclic) bond motifs is 1. The van der Waals surface area contributed by atoms with Gasteiger partial charge in [-0.05, 0) is 30.7 Å². The van der Waals surface area contributed by atoms with E-state index in [0.29, 0.717) is 12.0 Å². The Labute approximate surface area is 164 Å². The molecule has 0 bridgehead atoms. The first-order chi connectivity index (χ1) is 13.7. The first kappa shape index (κ1) is 20.5. The third-order valence-electron chi connectivity index (χ3n) is 3.89. The summed E-state index contributed by atoms with van der Waals surface area (Å²) < 4.78 is 0. The summed E-state index contributed by atoms with van der Waals surface area (Å²) in [6.07, 6.45) is 1.50. The van der Waals surface area contributed by atoms with E-state index in [1.54, 1.807) is 24.3 Å². The Morgan fingerprint density at radius 1 is 1.00 bits per heavy atom. The number of anilines is 1. The van der Waals surface area contributed by atoms with E-state index in [2.05, 4.69) is 29.2 Å². The third kappa shape index (κ3) is 5.58. The van der Waals surface area contributed by atoms with Crippen LogP contribution in [-0.4, -0.2) is 18.9 Å². The number of nitrogens with one attached hydrogen (secondary N) is 3. The summed E-state index contributed by atoms with van der Waals surface area (Å²) in [5.74, 6) is -0.331. The van der Waals surface area contributed by atoms with E-state index in [1.807, 2.05) is 42.5 Å². The highest BCUT2D eigenvalue weighted by Gasteiger charge is 2.04. The molecule has 3 aromatic rings. The van der Waals surface area contributed by atoms with Crippen LogP contribution >= 0.6 is 0 Å².